The second-order valence-corrected chi connectivity index (χ2v) is 11.4. The van der Waals surface area contributed by atoms with Crippen molar-refractivity contribution in [2.24, 2.45) is 5.92 Å². The van der Waals surface area contributed by atoms with Crippen LogP contribution in [-0.2, 0) is 15.6 Å². The average Bonchev–Trinajstić information content (AvgIpc) is 3.03. The maximum atomic E-state index is 15.1. The van der Waals surface area contributed by atoms with E-state index in [0.29, 0.717) is 19.3 Å². The molecule has 0 N–H and O–H groups in total. The van der Waals surface area contributed by atoms with Crippen LogP contribution in [0.1, 0.15) is 62.5 Å². The molecule has 1 aliphatic heterocycles. The van der Waals surface area contributed by atoms with E-state index in [-0.39, 0.29) is 39.3 Å². The number of alkyl halides is 2. The standard InChI is InChI=1S/C37H33F7O3/c1-3-5-6-8-22-20-45-36(46-21-22)24-10-14-30(35(42)16-24)37(43,44)47-26-11-13-27(34(41)19-26)23-9-12-28(31(38)15-23)25-17-32(39)29(7-4-2)33(40)18-25/h4,7,9-19,22,36H,3,5-6,8,20-21H2,1-2H3/b7-4+. The van der Waals surface area contributed by atoms with Gasteiger partial charge in [0.15, 0.2) is 6.29 Å². The molecular weight excluding hydrogens is 625 g/mol. The zero-order valence-corrected chi connectivity index (χ0v) is 25.8. The SMILES string of the molecule is C/C=C/c1c(F)cc(-c2ccc(-c3ccc(OC(F)(F)c4ccc(C5OCC(CCCCC)CO5)cc4F)cc3F)cc2F)cc1F. The summed E-state index contributed by atoms with van der Waals surface area (Å²) in [6, 6.07) is 11.3. The van der Waals surface area contributed by atoms with Gasteiger partial charge in [-0.05, 0) is 66.9 Å². The van der Waals surface area contributed by atoms with Crippen molar-refractivity contribution in [1.29, 1.82) is 0 Å². The molecule has 0 aromatic heterocycles. The predicted molar refractivity (Wildman–Crippen MR) is 165 cm³/mol. The van der Waals surface area contributed by atoms with Gasteiger partial charge in [-0.2, -0.15) is 8.78 Å². The van der Waals surface area contributed by atoms with E-state index in [0.717, 1.165) is 68.1 Å². The summed E-state index contributed by atoms with van der Waals surface area (Å²) in [5.41, 5.74) is -1.39. The Morgan fingerprint density at radius 2 is 1.38 bits per heavy atom. The minimum absolute atomic E-state index is 0.0367. The van der Waals surface area contributed by atoms with Crippen LogP contribution in [0.4, 0.5) is 30.7 Å². The molecule has 0 amide bonds. The topological polar surface area (TPSA) is 27.7 Å². The van der Waals surface area contributed by atoms with Crippen LogP contribution in [0.25, 0.3) is 28.3 Å². The summed E-state index contributed by atoms with van der Waals surface area (Å²) in [5, 5.41) is 0. The van der Waals surface area contributed by atoms with Gasteiger partial charge in [0, 0.05) is 34.2 Å². The molecular formula is C37H33F7O3. The van der Waals surface area contributed by atoms with Crippen LogP contribution in [0.2, 0.25) is 0 Å². The zero-order chi connectivity index (χ0) is 33.7. The summed E-state index contributed by atoms with van der Waals surface area (Å²) >= 11 is 0. The first-order chi connectivity index (χ1) is 22.5. The fourth-order valence-electron chi connectivity index (χ4n) is 5.48. The molecule has 0 bridgehead atoms. The van der Waals surface area contributed by atoms with Crippen molar-refractivity contribution in [1.82, 2.24) is 0 Å². The van der Waals surface area contributed by atoms with Gasteiger partial charge in [-0.1, -0.05) is 56.5 Å². The molecule has 47 heavy (non-hydrogen) atoms. The molecule has 248 valence electrons. The highest BCUT2D eigenvalue weighted by Crippen LogP contribution is 2.38. The first-order valence-electron chi connectivity index (χ1n) is 15.3. The number of halogens is 7. The van der Waals surface area contributed by atoms with Gasteiger partial charge in [0.05, 0.1) is 18.8 Å². The van der Waals surface area contributed by atoms with Crippen LogP contribution in [0.5, 0.6) is 5.75 Å². The molecule has 1 saturated heterocycles. The fourth-order valence-corrected chi connectivity index (χ4v) is 5.48. The van der Waals surface area contributed by atoms with Crippen LogP contribution >= 0.6 is 0 Å². The minimum Gasteiger partial charge on any atom is -0.429 e. The van der Waals surface area contributed by atoms with Gasteiger partial charge in [-0.3, -0.25) is 0 Å². The van der Waals surface area contributed by atoms with Crippen LogP contribution in [-0.4, -0.2) is 13.2 Å². The summed E-state index contributed by atoms with van der Waals surface area (Å²) in [5.74, 6) is -5.31. The molecule has 10 heteroatoms. The van der Waals surface area contributed by atoms with E-state index in [1.807, 2.05) is 0 Å². The summed E-state index contributed by atoms with van der Waals surface area (Å²) in [7, 11) is 0. The predicted octanol–water partition coefficient (Wildman–Crippen LogP) is 11.1. The second kappa shape index (κ2) is 14.7. The van der Waals surface area contributed by atoms with E-state index in [4.69, 9.17) is 14.2 Å². The highest BCUT2D eigenvalue weighted by atomic mass is 19.3. The number of benzene rings is 4. The molecule has 1 aliphatic rings. The molecule has 4 aromatic rings. The minimum atomic E-state index is -4.17. The van der Waals surface area contributed by atoms with E-state index in [1.165, 1.54) is 30.4 Å². The van der Waals surface area contributed by atoms with E-state index >= 15 is 17.6 Å². The van der Waals surface area contributed by atoms with Crippen LogP contribution in [0.15, 0.2) is 72.8 Å². The summed E-state index contributed by atoms with van der Waals surface area (Å²) in [6.07, 6.45) is 1.85. The molecule has 0 radical (unpaired) electrons. The van der Waals surface area contributed by atoms with Gasteiger partial charge < -0.3 is 14.2 Å². The summed E-state index contributed by atoms with van der Waals surface area (Å²) in [6.45, 7) is 4.54. The van der Waals surface area contributed by atoms with Crippen LogP contribution in [0, 0.1) is 35.0 Å². The molecule has 1 heterocycles. The fraction of sp³-hybridized carbons (Fsp3) is 0.297. The van der Waals surface area contributed by atoms with Crippen LogP contribution in [0.3, 0.4) is 0 Å². The van der Waals surface area contributed by atoms with Crippen molar-refractivity contribution in [2.45, 2.75) is 51.9 Å². The molecule has 0 saturated carbocycles. The van der Waals surface area contributed by atoms with Crippen molar-refractivity contribution >= 4 is 6.08 Å². The van der Waals surface area contributed by atoms with E-state index in [1.54, 1.807) is 6.92 Å². The van der Waals surface area contributed by atoms with Gasteiger partial charge in [0.25, 0.3) is 0 Å². The number of unbranched alkanes of at least 4 members (excludes halogenated alkanes) is 2. The third-order valence-corrected chi connectivity index (χ3v) is 7.95. The largest absolute Gasteiger partial charge is 0.429 e. The van der Waals surface area contributed by atoms with E-state index in [9.17, 15) is 13.2 Å². The van der Waals surface area contributed by atoms with Crippen molar-refractivity contribution in [3.63, 3.8) is 0 Å². The van der Waals surface area contributed by atoms with Gasteiger partial charge in [-0.15, -0.1) is 0 Å². The smallest absolute Gasteiger partial charge is 0.429 e. The maximum Gasteiger partial charge on any atom is 0.429 e. The zero-order valence-electron chi connectivity index (χ0n) is 25.8. The van der Waals surface area contributed by atoms with Crippen molar-refractivity contribution in [2.75, 3.05) is 13.2 Å². The van der Waals surface area contributed by atoms with Crippen molar-refractivity contribution in [3.05, 3.63) is 119 Å². The van der Waals surface area contributed by atoms with Gasteiger partial charge in [0.1, 0.15) is 34.8 Å². The third kappa shape index (κ3) is 7.88. The second-order valence-electron chi connectivity index (χ2n) is 11.4. The van der Waals surface area contributed by atoms with Gasteiger partial charge in [0.2, 0.25) is 0 Å². The van der Waals surface area contributed by atoms with E-state index < -0.39 is 52.8 Å². The third-order valence-electron chi connectivity index (χ3n) is 7.95. The molecule has 0 aliphatic carbocycles. The Labute approximate surface area is 268 Å². The highest BCUT2D eigenvalue weighted by Gasteiger charge is 2.38. The number of allylic oxidation sites excluding steroid dienone is 1. The molecule has 3 nitrogen and oxygen atoms in total. The van der Waals surface area contributed by atoms with Gasteiger partial charge in [-0.25, -0.2) is 22.0 Å². The first-order valence-corrected chi connectivity index (χ1v) is 15.3. The summed E-state index contributed by atoms with van der Waals surface area (Å²) < 4.78 is 120. The number of hydrogen-bond donors (Lipinski definition) is 0. The van der Waals surface area contributed by atoms with Crippen molar-refractivity contribution < 1.29 is 44.9 Å². The number of rotatable bonds is 11. The van der Waals surface area contributed by atoms with E-state index in [2.05, 4.69) is 6.92 Å². The lowest BCUT2D eigenvalue weighted by molar-refractivity contribution is -0.206. The number of hydrogen-bond acceptors (Lipinski definition) is 3. The lowest BCUT2D eigenvalue weighted by Gasteiger charge is -2.30. The Kier molecular flexibility index (Phi) is 10.7. The van der Waals surface area contributed by atoms with Gasteiger partial charge >= 0.3 is 6.11 Å². The Balaban J connectivity index is 1.28. The molecule has 0 unspecified atom stereocenters. The van der Waals surface area contributed by atoms with Crippen molar-refractivity contribution in [3.8, 4) is 28.0 Å². The number of ether oxygens (including phenoxy) is 3. The molecule has 4 aromatic carbocycles. The first kappa shape index (κ1) is 34.2. The molecule has 0 atom stereocenters. The normalized spacial score (nSPS) is 17.0. The maximum absolute atomic E-state index is 15.1. The Morgan fingerprint density at radius 1 is 0.745 bits per heavy atom. The molecule has 1 fully saturated rings. The summed E-state index contributed by atoms with van der Waals surface area (Å²) in [4.78, 5) is 0. The Bertz CT molecular complexity index is 1720. The Hall–Kier alpha value is -4.15. The lowest BCUT2D eigenvalue weighted by atomic mass is 9.98. The van der Waals surface area contributed by atoms with Crippen LogP contribution < -0.4 is 4.74 Å². The Morgan fingerprint density at radius 3 is 2.00 bits per heavy atom. The quantitative estimate of drug-likeness (QED) is 0.119. The average molecular weight is 659 g/mol. The highest BCUT2D eigenvalue weighted by molar-refractivity contribution is 5.72. The molecule has 0 spiro atoms. The lowest BCUT2D eigenvalue weighted by Crippen LogP contribution is -2.27. The molecule has 5 rings (SSSR count). The monoisotopic (exact) mass is 658 g/mol.